The molecule has 110 valence electrons. The molecule has 0 bridgehead atoms. The second-order valence-corrected chi connectivity index (χ2v) is 7.62. The molecular formula is C17H26N2S. The fraction of sp³-hybridized carbons (Fsp3) is 0.706. The van der Waals surface area contributed by atoms with Crippen LogP contribution in [0.15, 0.2) is 0 Å². The van der Waals surface area contributed by atoms with Crippen molar-refractivity contribution in [1.82, 2.24) is 0 Å². The van der Waals surface area contributed by atoms with Gasteiger partial charge in [0.15, 0.2) is 0 Å². The van der Waals surface area contributed by atoms with Crippen LogP contribution in [0.3, 0.4) is 0 Å². The summed E-state index contributed by atoms with van der Waals surface area (Å²) in [7, 11) is 0. The molecule has 20 heavy (non-hydrogen) atoms. The Labute approximate surface area is 127 Å². The first-order valence-electron chi connectivity index (χ1n) is 7.85. The third kappa shape index (κ3) is 2.72. The minimum Gasteiger partial charge on any atom is -0.397 e. The van der Waals surface area contributed by atoms with Crippen molar-refractivity contribution < 1.29 is 0 Å². The van der Waals surface area contributed by atoms with E-state index in [1.165, 1.54) is 42.5 Å². The summed E-state index contributed by atoms with van der Waals surface area (Å²) >= 11 is 1.68. The maximum Gasteiger partial charge on any atom is 0.128 e. The normalized spacial score (nSPS) is 17.6. The van der Waals surface area contributed by atoms with E-state index in [-0.39, 0.29) is 0 Å². The van der Waals surface area contributed by atoms with Gasteiger partial charge in [-0.25, -0.2) is 0 Å². The van der Waals surface area contributed by atoms with E-state index in [2.05, 4.69) is 26.8 Å². The minimum atomic E-state index is 0.298. The van der Waals surface area contributed by atoms with Crippen LogP contribution in [0.4, 0.5) is 5.69 Å². The molecule has 0 atom stereocenters. The monoisotopic (exact) mass is 290 g/mol. The van der Waals surface area contributed by atoms with Crippen molar-refractivity contribution >= 4 is 17.0 Å². The van der Waals surface area contributed by atoms with Crippen LogP contribution in [-0.2, 0) is 11.8 Å². The number of nitriles is 1. The van der Waals surface area contributed by atoms with E-state index in [0.717, 1.165) is 23.4 Å². The number of nitrogens with zero attached hydrogens (tertiary/aromatic N) is 1. The molecule has 1 fully saturated rings. The fourth-order valence-corrected chi connectivity index (χ4v) is 5.17. The van der Waals surface area contributed by atoms with Crippen LogP contribution in [0, 0.1) is 17.2 Å². The Hall–Kier alpha value is -1.01. The van der Waals surface area contributed by atoms with Gasteiger partial charge in [-0.1, -0.05) is 40.0 Å². The van der Waals surface area contributed by atoms with Gasteiger partial charge in [0.25, 0.3) is 0 Å². The number of thiophene rings is 1. The lowest BCUT2D eigenvalue weighted by molar-refractivity contribution is 0.351. The summed E-state index contributed by atoms with van der Waals surface area (Å²) in [4.78, 5) is 2.18. The zero-order valence-electron chi connectivity index (χ0n) is 13.0. The van der Waals surface area contributed by atoms with Crippen LogP contribution in [-0.4, -0.2) is 0 Å². The molecule has 1 aliphatic carbocycles. The van der Waals surface area contributed by atoms with Crippen molar-refractivity contribution in [3.63, 3.8) is 0 Å². The molecule has 1 heterocycles. The van der Waals surface area contributed by atoms with Crippen LogP contribution in [0.25, 0.3) is 0 Å². The number of hydrogen-bond donors (Lipinski definition) is 1. The highest BCUT2D eigenvalue weighted by molar-refractivity contribution is 7.13. The SMILES string of the molecule is CCCc1c(C2(CC(C)C)CCCC2)sc(C#N)c1N. The lowest BCUT2D eigenvalue weighted by Crippen LogP contribution is -2.24. The second kappa shape index (κ2) is 6.18. The van der Waals surface area contributed by atoms with Gasteiger partial charge in [-0.15, -0.1) is 11.3 Å². The van der Waals surface area contributed by atoms with Crippen molar-refractivity contribution in [2.45, 2.75) is 71.1 Å². The highest BCUT2D eigenvalue weighted by Crippen LogP contribution is 2.51. The van der Waals surface area contributed by atoms with E-state index in [9.17, 15) is 5.26 Å². The zero-order chi connectivity index (χ0) is 14.8. The molecule has 3 heteroatoms. The molecule has 2 nitrogen and oxygen atoms in total. The van der Waals surface area contributed by atoms with Gasteiger partial charge in [-0.2, -0.15) is 5.26 Å². The Balaban J connectivity index is 2.50. The van der Waals surface area contributed by atoms with Gasteiger partial charge in [0.2, 0.25) is 0 Å². The highest BCUT2D eigenvalue weighted by Gasteiger charge is 2.40. The van der Waals surface area contributed by atoms with Gasteiger partial charge < -0.3 is 5.73 Å². The number of nitrogen functional groups attached to an aromatic ring is 1. The molecule has 0 spiro atoms. The van der Waals surface area contributed by atoms with E-state index in [4.69, 9.17) is 5.73 Å². The Morgan fingerprint density at radius 1 is 1.35 bits per heavy atom. The Kier molecular flexibility index (Phi) is 4.75. The lowest BCUT2D eigenvalue weighted by Gasteiger charge is -2.31. The van der Waals surface area contributed by atoms with E-state index in [1.54, 1.807) is 11.3 Å². The quantitative estimate of drug-likeness (QED) is 0.828. The molecule has 0 amide bonds. The van der Waals surface area contributed by atoms with Gasteiger partial charge in [0, 0.05) is 10.3 Å². The molecule has 0 unspecified atom stereocenters. The molecule has 0 radical (unpaired) electrons. The van der Waals surface area contributed by atoms with Gasteiger partial charge in [0.1, 0.15) is 10.9 Å². The summed E-state index contributed by atoms with van der Waals surface area (Å²) in [6.07, 6.45) is 8.51. The van der Waals surface area contributed by atoms with Gasteiger partial charge >= 0.3 is 0 Å². The summed E-state index contributed by atoms with van der Waals surface area (Å²) in [6.45, 7) is 6.81. The van der Waals surface area contributed by atoms with E-state index < -0.39 is 0 Å². The average Bonchev–Trinajstić information content (AvgIpc) is 2.97. The minimum absolute atomic E-state index is 0.298. The second-order valence-electron chi connectivity index (χ2n) is 6.60. The molecule has 0 aliphatic heterocycles. The smallest absolute Gasteiger partial charge is 0.128 e. The van der Waals surface area contributed by atoms with Gasteiger partial charge in [-0.3, -0.25) is 0 Å². The van der Waals surface area contributed by atoms with Crippen LogP contribution in [0.2, 0.25) is 0 Å². The summed E-state index contributed by atoms with van der Waals surface area (Å²) < 4.78 is 0. The first-order valence-corrected chi connectivity index (χ1v) is 8.67. The highest BCUT2D eigenvalue weighted by atomic mass is 32.1. The summed E-state index contributed by atoms with van der Waals surface area (Å²) in [6, 6.07) is 2.30. The standard InChI is InChI=1S/C17H26N2S/c1-4-7-13-15(19)14(11-18)20-16(13)17(10-12(2)3)8-5-6-9-17/h12H,4-10,19H2,1-3H3. The van der Waals surface area contributed by atoms with E-state index in [1.807, 2.05) is 0 Å². The number of rotatable bonds is 5. The van der Waals surface area contributed by atoms with Crippen molar-refractivity contribution in [3.05, 3.63) is 15.3 Å². The maximum absolute atomic E-state index is 9.31. The Morgan fingerprint density at radius 2 is 2.00 bits per heavy atom. The molecule has 1 aromatic heterocycles. The van der Waals surface area contributed by atoms with Crippen LogP contribution < -0.4 is 5.73 Å². The third-order valence-electron chi connectivity index (χ3n) is 4.49. The summed E-state index contributed by atoms with van der Waals surface area (Å²) in [5.41, 5.74) is 8.60. The van der Waals surface area contributed by atoms with Gasteiger partial charge in [-0.05, 0) is 37.2 Å². The number of hydrogen-bond acceptors (Lipinski definition) is 3. The topological polar surface area (TPSA) is 49.8 Å². The van der Waals surface area contributed by atoms with Crippen LogP contribution in [0.5, 0.6) is 0 Å². The molecular weight excluding hydrogens is 264 g/mol. The number of anilines is 1. The van der Waals surface area contributed by atoms with Crippen molar-refractivity contribution in [2.24, 2.45) is 5.92 Å². The Morgan fingerprint density at radius 3 is 2.50 bits per heavy atom. The predicted octanol–water partition coefficient (Wildman–Crippen LogP) is 5.01. The summed E-state index contributed by atoms with van der Waals surface area (Å²) in [5, 5.41) is 9.31. The van der Waals surface area contributed by atoms with Gasteiger partial charge in [0.05, 0.1) is 5.69 Å². The Bertz CT molecular complexity index is 502. The van der Waals surface area contributed by atoms with Crippen molar-refractivity contribution in [2.75, 3.05) is 5.73 Å². The average molecular weight is 290 g/mol. The van der Waals surface area contributed by atoms with Crippen molar-refractivity contribution in [3.8, 4) is 6.07 Å². The molecule has 1 aliphatic rings. The predicted molar refractivity (Wildman–Crippen MR) is 87.0 cm³/mol. The lowest BCUT2D eigenvalue weighted by atomic mass is 9.75. The molecule has 0 saturated heterocycles. The van der Waals surface area contributed by atoms with Crippen LogP contribution in [0.1, 0.15) is 74.6 Å². The molecule has 2 rings (SSSR count). The molecule has 2 N–H and O–H groups in total. The first kappa shape index (κ1) is 15.4. The largest absolute Gasteiger partial charge is 0.397 e. The maximum atomic E-state index is 9.31. The fourth-order valence-electron chi connectivity index (χ4n) is 3.84. The molecule has 1 aromatic rings. The first-order chi connectivity index (χ1) is 9.54. The number of nitrogens with two attached hydrogens (primary N) is 1. The zero-order valence-corrected chi connectivity index (χ0v) is 13.8. The van der Waals surface area contributed by atoms with Crippen LogP contribution >= 0.6 is 11.3 Å². The molecule has 0 aromatic carbocycles. The van der Waals surface area contributed by atoms with E-state index >= 15 is 0 Å². The third-order valence-corrected chi connectivity index (χ3v) is 5.89. The molecule has 1 saturated carbocycles. The summed E-state index contributed by atoms with van der Waals surface area (Å²) in [5.74, 6) is 0.691. The van der Waals surface area contributed by atoms with Crippen molar-refractivity contribution in [1.29, 1.82) is 5.26 Å². The van der Waals surface area contributed by atoms with E-state index in [0.29, 0.717) is 11.3 Å².